The molecule has 0 heterocycles. The van der Waals surface area contributed by atoms with Crippen molar-refractivity contribution < 1.29 is 22.6 Å². The fourth-order valence-electron chi connectivity index (χ4n) is 2.39. The van der Waals surface area contributed by atoms with Crippen LogP contribution in [0.1, 0.15) is 17.2 Å². The standard InChI is InChI=1S/C19H18ClF3N2O2/c1-2-9-26-18(11-25-12-24)16-8-7-15(10-17(16)19(21,22)23)27-14-5-3-13(20)4-6-14/h1,3-8,10,18,25H,9,11-12,24H2. The molecule has 2 rings (SSSR count). The molecule has 0 bridgehead atoms. The predicted molar refractivity (Wildman–Crippen MR) is 97.6 cm³/mol. The number of terminal acetylenes is 1. The number of nitrogens with two attached hydrogens (primary N) is 1. The first kappa shape index (κ1) is 21.1. The van der Waals surface area contributed by atoms with E-state index in [0.717, 1.165) is 6.07 Å². The SMILES string of the molecule is C#CCOC(CNCN)c1ccc(Oc2ccc(Cl)cc2)cc1C(F)(F)F. The van der Waals surface area contributed by atoms with Crippen molar-refractivity contribution in [3.8, 4) is 23.8 Å². The highest BCUT2D eigenvalue weighted by atomic mass is 35.5. The lowest BCUT2D eigenvalue weighted by Crippen LogP contribution is -2.29. The first-order chi connectivity index (χ1) is 12.8. The summed E-state index contributed by atoms with van der Waals surface area (Å²) in [5, 5.41) is 3.26. The maximum Gasteiger partial charge on any atom is 0.416 e. The molecule has 0 spiro atoms. The molecule has 0 amide bonds. The van der Waals surface area contributed by atoms with E-state index in [1.165, 1.54) is 12.1 Å². The highest BCUT2D eigenvalue weighted by Crippen LogP contribution is 2.38. The average molecular weight is 399 g/mol. The largest absolute Gasteiger partial charge is 0.457 e. The van der Waals surface area contributed by atoms with E-state index in [-0.39, 0.29) is 31.1 Å². The topological polar surface area (TPSA) is 56.5 Å². The maximum absolute atomic E-state index is 13.6. The van der Waals surface area contributed by atoms with Gasteiger partial charge in [-0.3, -0.25) is 0 Å². The van der Waals surface area contributed by atoms with Gasteiger partial charge < -0.3 is 20.5 Å². The second kappa shape index (κ2) is 9.62. The van der Waals surface area contributed by atoms with Crippen LogP contribution >= 0.6 is 11.6 Å². The number of hydrogen-bond donors (Lipinski definition) is 2. The Hall–Kier alpha value is -2.24. The summed E-state index contributed by atoms with van der Waals surface area (Å²) in [5.74, 6) is 2.66. The van der Waals surface area contributed by atoms with E-state index < -0.39 is 17.8 Å². The molecule has 0 aliphatic carbocycles. The average Bonchev–Trinajstić information content (AvgIpc) is 2.63. The lowest BCUT2D eigenvalue weighted by molar-refractivity contribution is -0.139. The number of rotatable bonds is 8. The molecular weight excluding hydrogens is 381 g/mol. The molecule has 1 atom stereocenters. The third-order valence-corrected chi connectivity index (χ3v) is 3.82. The Labute approximate surface area is 160 Å². The van der Waals surface area contributed by atoms with Gasteiger partial charge in [-0.1, -0.05) is 23.6 Å². The molecule has 0 fully saturated rings. The summed E-state index contributed by atoms with van der Waals surface area (Å²) < 4.78 is 51.7. The molecule has 2 aromatic carbocycles. The molecule has 0 saturated heterocycles. The van der Waals surface area contributed by atoms with Gasteiger partial charge in [0, 0.05) is 18.2 Å². The van der Waals surface area contributed by atoms with Gasteiger partial charge >= 0.3 is 6.18 Å². The van der Waals surface area contributed by atoms with Crippen molar-refractivity contribution in [3.05, 3.63) is 58.6 Å². The van der Waals surface area contributed by atoms with Crippen LogP contribution in [-0.4, -0.2) is 19.8 Å². The van der Waals surface area contributed by atoms with E-state index in [1.807, 2.05) is 0 Å². The Morgan fingerprint density at radius 2 is 1.81 bits per heavy atom. The normalized spacial score (nSPS) is 12.4. The maximum atomic E-state index is 13.6. The minimum atomic E-state index is -4.60. The van der Waals surface area contributed by atoms with Crippen LogP contribution < -0.4 is 15.8 Å². The Balaban J connectivity index is 2.36. The van der Waals surface area contributed by atoms with E-state index >= 15 is 0 Å². The molecule has 8 heteroatoms. The van der Waals surface area contributed by atoms with Crippen molar-refractivity contribution in [2.75, 3.05) is 19.8 Å². The highest BCUT2D eigenvalue weighted by molar-refractivity contribution is 6.30. The van der Waals surface area contributed by atoms with Crippen LogP contribution in [0.3, 0.4) is 0 Å². The van der Waals surface area contributed by atoms with Crippen molar-refractivity contribution >= 4 is 11.6 Å². The zero-order valence-corrected chi connectivity index (χ0v) is 15.0. The minimum absolute atomic E-state index is 0.0379. The summed E-state index contributed by atoms with van der Waals surface area (Å²) in [6.45, 7) is 0.0465. The number of nitrogens with one attached hydrogen (secondary N) is 1. The second-order valence-electron chi connectivity index (χ2n) is 5.46. The molecule has 27 heavy (non-hydrogen) atoms. The van der Waals surface area contributed by atoms with E-state index in [2.05, 4.69) is 11.2 Å². The van der Waals surface area contributed by atoms with E-state index in [1.54, 1.807) is 24.3 Å². The summed E-state index contributed by atoms with van der Waals surface area (Å²) in [4.78, 5) is 0. The molecule has 0 aliphatic heterocycles. The smallest absolute Gasteiger partial charge is 0.416 e. The molecule has 2 aromatic rings. The van der Waals surface area contributed by atoms with E-state index in [9.17, 15) is 13.2 Å². The van der Waals surface area contributed by atoms with E-state index in [0.29, 0.717) is 10.8 Å². The van der Waals surface area contributed by atoms with Gasteiger partial charge in [0.15, 0.2) is 0 Å². The van der Waals surface area contributed by atoms with Crippen LogP contribution in [0.2, 0.25) is 5.02 Å². The van der Waals surface area contributed by atoms with Crippen LogP contribution in [0.4, 0.5) is 13.2 Å². The molecule has 0 aliphatic rings. The van der Waals surface area contributed by atoms with E-state index in [4.69, 9.17) is 33.2 Å². The van der Waals surface area contributed by atoms with Gasteiger partial charge in [-0.05, 0) is 42.0 Å². The molecule has 0 saturated carbocycles. The number of halogens is 4. The third-order valence-electron chi connectivity index (χ3n) is 3.57. The molecular formula is C19H18ClF3N2O2. The van der Waals surface area contributed by atoms with Crippen molar-refractivity contribution in [3.63, 3.8) is 0 Å². The number of ether oxygens (including phenoxy) is 2. The van der Waals surface area contributed by atoms with Gasteiger partial charge in [-0.15, -0.1) is 6.42 Å². The van der Waals surface area contributed by atoms with Crippen molar-refractivity contribution in [1.29, 1.82) is 0 Å². The van der Waals surface area contributed by atoms with Crippen molar-refractivity contribution in [2.24, 2.45) is 5.73 Å². The first-order valence-electron chi connectivity index (χ1n) is 7.95. The van der Waals surface area contributed by atoms with Crippen molar-refractivity contribution in [1.82, 2.24) is 5.32 Å². The number of benzene rings is 2. The monoisotopic (exact) mass is 398 g/mol. The summed E-state index contributed by atoms with van der Waals surface area (Å²) in [7, 11) is 0. The molecule has 0 aromatic heterocycles. The predicted octanol–water partition coefficient (Wildman–Crippen LogP) is 4.35. The van der Waals surface area contributed by atoms with Gasteiger partial charge in [-0.2, -0.15) is 13.2 Å². The number of alkyl halides is 3. The lowest BCUT2D eigenvalue weighted by Gasteiger charge is -2.22. The fourth-order valence-corrected chi connectivity index (χ4v) is 2.51. The Bertz CT molecular complexity index is 789. The molecule has 1 unspecified atom stereocenters. The zero-order valence-electron chi connectivity index (χ0n) is 14.2. The van der Waals surface area contributed by atoms with Crippen LogP contribution in [0, 0.1) is 12.3 Å². The summed E-state index contributed by atoms with van der Waals surface area (Å²) in [6, 6.07) is 9.97. The summed E-state index contributed by atoms with van der Waals surface area (Å²) >= 11 is 5.79. The zero-order chi connectivity index (χ0) is 19.9. The minimum Gasteiger partial charge on any atom is -0.457 e. The van der Waals surface area contributed by atoms with Crippen molar-refractivity contribution in [2.45, 2.75) is 12.3 Å². The molecule has 3 N–H and O–H groups in total. The third kappa shape index (κ3) is 6.15. The van der Waals surface area contributed by atoms with Gasteiger partial charge in [0.25, 0.3) is 0 Å². The van der Waals surface area contributed by atoms with Crippen LogP contribution in [-0.2, 0) is 10.9 Å². The van der Waals surface area contributed by atoms with Gasteiger partial charge in [-0.25, -0.2) is 0 Å². The Morgan fingerprint density at radius 3 is 2.41 bits per heavy atom. The van der Waals surface area contributed by atoms with Gasteiger partial charge in [0.05, 0.1) is 11.7 Å². The lowest BCUT2D eigenvalue weighted by atomic mass is 10.0. The van der Waals surface area contributed by atoms with Crippen LogP contribution in [0.5, 0.6) is 11.5 Å². The number of hydrogen-bond acceptors (Lipinski definition) is 4. The van der Waals surface area contributed by atoms with Gasteiger partial charge in [0.2, 0.25) is 0 Å². The highest BCUT2D eigenvalue weighted by Gasteiger charge is 2.36. The summed E-state index contributed by atoms with van der Waals surface area (Å²) in [6.07, 6.45) is -0.357. The second-order valence-corrected chi connectivity index (χ2v) is 5.90. The molecule has 4 nitrogen and oxygen atoms in total. The molecule has 0 radical (unpaired) electrons. The Morgan fingerprint density at radius 1 is 1.15 bits per heavy atom. The fraction of sp³-hybridized carbons (Fsp3) is 0.263. The molecule has 144 valence electrons. The quantitative estimate of drug-likeness (QED) is 0.513. The van der Waals surface area contributed by atoms with Gasteiger partial charge in [0.1, 0.15) is 18.1 Å². The first-order valence-corrected chi connectivity index (χ1v) is 8.33. The van der Waals surface area contributed by atoms with Crippen LogP contribution in [0.25, 0.3) is 0 Å². The van der Waals surface area contributed by atoms with Crippen LogP contribution in [0.15, 0.2) is 42.5 Å². The Kier molecular flexibility index (Phi) is 7.51. The summed E-state index contributed by atoms with van der Waals surface area (Å²) in [5.41, 5.74) is 4.45.